The van der Waals surface area contributed by atoms with E-state index < -0.39 is 6.10 Å². The molecular weight excluding hydrogens is 354 g/mol. The fourth-order valence-corrected chi connectivity index (χ4v) is 2.04. The molecule has 146 valence electrons. The standard InChI is InChI=1S/C19H29N3O3.ClH/c1-5-7-18(24)22-15-8-9-17(14(10-15)11-20)25-13-16(23)12-21-19(3,4)6-2;/h8-10,16,21,23H,5-7,12-13H2,1-4H3,(H,22,24);1H. The molecule has 1 rings (SSSR count). The molecule has 26 heavy (non-hydrogen) atoms. The molecule has 0 saturated carbocycles. The number of amides is 1. The number of carbonyl (C=O) groups is 1. The largest absolute Gasteiger partial charge is 0.489 e. The van der Waals surface area contributed by atoms with E-state index in [1.165, 1.54) is 0 Å². The summed E-state index contributed by atoms with van der Waals surface area (Å²) < 4.78 is 5.57. The van der Waals surface area contributed by atoms with E-state index in [-0.39, 0.29) is 30.5 Å². The van der Waals surface area contributed by atoms with Gasteiger partial charge in [0.1, 0.15) is 24.5 Å². The van der Waals surface area contributed by atoms with Crippen LogP contribution in [0.4, 0.5) is 5.69 Å². The molecule has 0 aromatic heterocycles. The van der Waals surface area contributed by atoms with Crippen LogP contribution in [0.3, 0.4) is 0 Å². The Hall–Kier alpha value is -1.81. The Labute approximate surface area is 162 Å². The number of nitrogens with one attached hydrogen (secondary N) is 2. The van der Waals surface area contributed by atoms with E-state index in [4.69, 9.17) is 4.74 Å². The van der Waals surface area contributed by atoms with Crippen molar-refractivity contribution in [2.45, 2.75) is 58.6 Å². The highest BCUT2D eigenvalue weighted by Gasteiger charge is 2.16. The average Bonchev–Trinajstić information content (AvgIpc) is 2.59. The average molecular weight is 384 g/mol. The van der Waals surface area contributed by atoms with Gasteiger partial charge in [0.05, 0.1) is 5.56 Å². The second-order valence-electron chi connectivity index (χ2n) is 6.70. The highest BCUT2D eigenvalue weighted by Crippen LogP contribution is 2.22. The predicted molar refractivity (Wildman–Crippen MR) is 106 cm³/mol. The number of halogens is 1. The van der Waals surface area contributed by atoms with Crippen LogP contribution in [0, 0.1) is 11.3 Å². The van der Waals surface area contributed by atoms with Crippen molar-refractivity contribution in [3.8, 4) is 11.8 Å². The Kier molecular flexibility index (Phi) is 10.9. The van der Waals surface area contributed by atoms with Crippen molar-refractivity contribution >= 4 is 24.0 Å². The van der Waals surface area contributed by atoms with E-state index in [2.05, 4.69) is 37.5 Å². The third-order valence-corrected chi connectivity index (χ3v) is 3.99. The molecule has 0 heterocycles. The Balaban J connectivity index is 0.00000625. The molecular formula is C19H30ClN3O3. The van der Waals surface area contributed by atoms with Gasteiger partial charge in [-0.1, -0.05) is 13.8 Å². The second kappa shape index (κ2) is 11.7. The highest BCUT2D eigenvalue weighted by atomic mass is 35.5. The number of benzene rings is 1. The number of aliphatic hydroxyl groups excluding tert-OH is 1. The zero-order valence-corrected chi connectivity index (χ0v) is 16.8. The minimum Gasteiger partial charge on any atom is -0.489 e. The normalized spacial score (nSPS) is 11.8. The molecule has 0 fully saturated rings. The summed E-state index contributed by atoms with van der Waals surface area (Å²) in [5, 5.41) is 25.3. The van der Waals surface area contributed by atoms with Crippen LogP contribution in [0.5, 0.6) is 5.75 Å². The van der Waals surface area contributed by atoms with Crippen molar-refractivity contribution < 1.29 is 14.6 Å². The highest BCUT2D eigenvalue weighted by molar-refractivity contribution is 5.91. The maximum absolute atomic E-state index is 11.6. The molecule has 1 unspecified atom stereocenters. The van der Waals surface area contributed by atoms with Gasteiger partial charge in [-0.3, -0.25) is 4.79 Å². The quantitative estimate of drug-likeness (QED) is 0.576. The Morgan fingerprint density at radius 3 is 2.65 bits per heavy atom. The van der Waals surface area contributed by atoms with Gasteiger partial charge in [-0.05, 0) is 44.9 Å². The molecule has 1 amide bonds. The van der Waals surface area contributed by atoms with Gasteiger partial charge < -0.3 is 20.5 Å². The summed E-state index contributed by atoms with van der Waals surface area (Å²) in [5.74, 6) is 0.310. The first-order chi connectivity index (χ1) is 11.8. The van der Waals surface area contributed by atoms with Crippen molar-refractivity contribution in [2.75, 3.05) is 18.5 Å². The minimum atomic E-state index is -0.679. The molecule has 1 aromatic rings. The Morgan fingerprint density at radius 2 is 2.08 bits per heavy atom. The number of β-amino-alcohol motifs (C(OH)–C–C–N with tert-alkyl or cyclic N) is 1. The molecule has 1 aromatic carbocycles. The van der Waals surface area contributed by atoms with E-state index in [1.807, 2.05) is 6.92 Å². The molecule has 0 aliphatic heterocycles. The first-order valence-electron chi connectivity index (χ1n) is 8.71. The van der Waals surface area contributed by atoms with Crippen LogP contribution < -0.4 is 15.4 Å². The van der Waals surface area contributed by atoms with Crippen LogP contribution >= 0.6 is 12.4 Å². The summed E-state index contributed by atoms with van der Waals surface area (Å²) in [4.78, 5) is 11.6. The van der Waals surface area contributed by atoms with E-state index >= 15 is 0 Å². The van der Waals surface area contributed by atoms with Gasteiger partial charge in [0.2, 0.25) is 5.91 Å². The topological polar surface area (TPSA) is 94.4 Å². The van der Waals surface area contributed by atoms with Crippen molar-refractivity contribution in [1.29, 1.82) is 5.26 Å². The Morgan fingerprint density at radius 1 is 1.38 bits per heavy atom. The zero-order chi connectivity index (χ0) is 18.9. The number of nitrogens with zero attached hydrogens (tertiary/aromatic N) is 1. The summed E-state index contributed by atoms with van der Waals surface area (Å²) in [6, 6.07) is 6.96. The molecule has 0 spiro atoms. The van der Waals surface area contributed by atoms with Gasteiger partial charge in [0.15, 0.2) is 0 Å². The SMILES string of the molecule is CCCC(=O)Nc1ccc(OCC(O)CNC(C)(C)CC)c(C#N)c1.Cl. The Bertz CT molecular complexity index is 615. The smallest absolute Gasteiger partial charge is 0.224 e. The third kappa shape index (κ3) is 8.52. The van der Waals surface area contributed by atoms with Gasteiger partial charge in [-0.15, -0.1) is 12.4 Å². The third-order valence-electron chi connectivity index (χ3n) is 3.99. The molecule has 0 aliphatic carbocycles. The lowest BCUT2D eigenvalue weighted by Gasteiger charge is -2.26. The van der Waals surface area contributed by atoms with Crippen molar-refractivity contribution in [2.24, 2.45) is 0 Å². The number of ether oxygens (including phenoxy) is 1. The molecule has 6 nitrogen and oxygen atoms in total. The molecule has 1 atom stereocenters. The lowest BCUT2D eigenvalue weighted by Crippen LogP contribution is -2.44. The lowest BCUT2D eigenvalue weighted by atomic mass is 10.0. The zero-order valence-electron chi connectivity index (χ0n) is 16.0. The predicted octanol–water partition coefficient (Wildman–Crippen LogP) is 3.24. The van der Waals surface area contributed by atoms with E-state index in [0.29, 0.717) is 30.0 Å². The van der Waals surface area contributed by atoms with E-state index in [9.17, 15) is 15.2 Å². The van der Waals surface area contributed by atoms with Crippen molar-refractivity contribution in [3.05, 3.63) is 23.8 Å². The van der Waals surface area contributed by atoms with Crippen molar-refractivity contribution in [1.82, 2.24) is 5.32 Å². The molecule has 0 aliphatic rings. The minimum absolute atomic E-state index is 0. The maximum Gasteiger partial charge on any atom is 0.224 e. The lowest BCUT2D eigenvalue weighted by molar-refractivity contribution is -0.116. The summed E-state index contributed by atoms with van der Waals surface area (Å²) >= 11 is 0. The summed E-state index contributed by atoms with van der Waals surface area (Å²) in [6.45, 7) is 8.64. The maximum atomic E-state index is 11.6. The monoisotopic (exact) mass is 383 g/mol. The van der Waals surface area contributed by atoms with Crippen LogP contribution in [-0.4, -0.2) is 35.8 Å². The first kappa shape index (κ1) is 24.2. The number of anilines is 1. The van der Waals surface area contributed by atoms with Crippen molar-refractivity contribution in [3.63, 3.8) is 0 Å². The molecule has 0 saturated heterocycles. The number of aliphatic hydroxyl groups is 1. The summed E-state index contributed by atoms with van der Waals surface area (Å²) in [5.41, 5.74) is 0.842. The van der Waals surface area contributed by atoms with Gasteiger partial charge in [0, 0.05) is 24.2 Å². The van der Waals surface area contributed by atoms with Crippen LogP contribution in [0.25, 0.3) is 0 Å². The van der Waals surface area contributed by atoms with Gasteiger partial charge >= 0.3 is 0 Å². The van der Waals surface area contributed by atoms with E-state index in [1.54, 1.807) is 18.2 Å². The number of hydrogen-bond acceptors (Lipinski definition) is 5. The van der Waals surface area contributed by atoms with Crippen LogP contribution in [0.2, 0.25) is 0 Å². The van der Waals surface area contributed by atoms with Crippen LogP contribution in [-0.2, 0) is 4.79 Å². The van der Waals surface area contributed by atoms with E-state index in [0.717, 1.165) is 12.8 Å². The summed E-state index contributed by atoms with van der Waals surface area (Å²) in [6.07, 6.45) is 1.47. The first-order valence-corrected chi connectivity index (χ1v) is 8.71. The number of hydrogen-bond donors (Lipinski definition) is 3. The second-order valence-corrected chi connectivity index (χ2v) is 6.70. The van der Waals surface area contributed by atoms with Gasteiger partial charge in [0.25, 0.3) is 0 Å². The molecule has 3 N–H and O–H groups in total. The van der Waals surface area contributed by atoms with Crippen LogP contribution in [0.15, 0.2) is 18.2 Å². The number of rotatable bonds is 10. The fraction of sp³-hybridized carbons (Fsp3) is 0.579. The summed E-state index contributed by atoms with van der Waals surface area (Å²) in [7, 11) is 0. The molecule has 7 heteroatoms. The van der Waals surface area contributed by atoms with Gasteiger partial charge in [-0.25, -0.2) is 0 Å². The fourth-order valence-electron chi connectivity index (χ4n) is 2.04. The number of carbonyl (C=O) groups excluding carboxylic acids is 1. The van der Waals surface area contributed by atoms with Gasteiger partial charge in [-0.2, -0.15) is 5.26 Å². The molecule has 0 radical (unpaired) electrons. The number of nitriles is 1. The molecule has 0 bridgehead atoms. The van der Waals surface area contributed by atoms with Crippen LogP contribution in [0.1, 0.15) is 52.5 Å².